The number of nitrogens with two attached hydrogens (primary N) is 1. The minimum atomic E-state index is -0.781. The summed E-state index contributed by atoms with van der Waals surface area (Å²) in [5, 5.41) is 20.8. The first-order valence-corrected chi connectivity index (χ1v) is 8.70. The molecule has 0 unspecified atom stereocenters. The molecule has 4 N–H and O–H groups in total. The van der Waals surface area contributed by atoms with E-state index in [2.05, 4.69) is 24.3 Å². The van der Waals surface area contributed by atoms with Gasteiger partial charge in [-0.25, -0.2) is 0 Å². The molecule has 26 heavy (non-hydrogen) atoms. The third-order valence-electron chi connectivity index (χ3n) is 4.88. The van der Waals surface area contributed by atoms with E-state index in [-0.39, 0.29) is 6.04 Å². The number of carbonyl (C=O) groups is 1. The van der Waals surface area contributed by atoms with Crippen molar-refractivity contribution in [3.05, 3.63) is 83.4 Å². The van der Waals surface area contributed by atoms with Crippen molar-refractivity contribution < 1.29 is 15.0 Å². The molecule has 4 heteroatoms. The summed E-state index contributed by atoms with van der Waals surface area (Å²) in [7, 11) is 0. The lowest BCUT2D eigenvalue weighted by Gasteiger charge is -2.09. The summed E-state index contributed by atoms with van der Waals surface area (Å²) in [4.78, 5) is 10.5. The highest BCUT2D eigenvalue weighted by atomic mass is 16.4. The van der Waals surface area contributed by atoms with Crippen LogP contribution in [-0.4, -0.2) is 22.3 Å². The number of hydrogen-bond donors (Lipinski definition) is 3. The zero-order valence-corrected chi connectivity index (χ0v) is 14.7. The lowest BCUT2D eigenvalue weighted by Crippen LogP contribution is -2.21. The zero-order chi connectivity index (χ0) is 18.7. The maximum atomic E-state index is 10.5. The zero-order valence-electron chi connectivity index (χ0n) is 14.7. The fraction of sp³-hybridized carbons (Fsp3) is 0.227. The lowest BCUT2D eigenvalue weighted by molar-refractivity contribution is -0.138. The molecule has 0 aromatic heterocycles. The fourth-order valence-corrected chi connectivity index (χ4v) is 3.24. The van der Waals surface area contributed by atoms with E-state index in [1.807, 2.05) is 42.5 Å². The highest BCUT2D eigenvalue weighted by Crippen LogP contribution is 2.32. The molecular weight excluding hydrogens is 326 g/mol. The SMILES string of the molecule is C[C@H](C(=O)O)c1ccccc1.N[C@@H]1c2cc3ccccc3cc2C[C@@H]1O. The fourth-order valence-electron chi connectivity index (χ4n) is 3.24. The Morgan fingerprint density at radius 2 is 1.62 bits per heavy atom. The predicted molar refractivity (Wildman–Crippen MR) is 103 cm³/mol. The second kappa shape index (κ2) is 7.68. The number of aliphatic hydroxyl groups excluding tert-OH is 1. The van der Waals surface area contributed by atoms with Gasteiger partial charge in [-0.3, -0.25) is 4.79 Å². The van der Waals surface area contributed by atoms with E-state index < -0.39 is 18.0 Å². The van der Waals surface area contributed by atoms with Gasteiger partial charge in [0.1, 0.15) is 0 Å². The number of aliphatic carboxylic acids is 1. The summed E-state index contributed by atoms with van der Waals surface area (Å²) in [6.07, 6.45) is 0.262. The van der Waals surface area contributed by atoms with Crippen LogP contribution in [0.25, 0.3) is 10.8 Å². The second-order valence-corrected chi connectivity index (χ2v) is 6.67. The van der Waals surface area contributed by atoms with Crippen LogP contribution in [0, 0.1) is 0 Å². The molecule has 0 amide bonds. The molecule has 4 nitrogen and oxygen atoms in total. The molecule has 0 saturated heterocycles. The molecule has 1 aliphatic rings. The Hall–Kier alpha value is -2.69. The number of carboxylic acids is 1. The number of rotatable bonds is 2. The summed E-state index contributed by atoms with van der Waals surface area (Å²) in [5.74, 6) is -1.19. The molecule has 3 aromatic carbocycles. The minimum Gasteiger partial charge on any atom is -0.481 e. The first-order valence-electron chi connectivity index (χ1n) is 8.70. The Labute approximate surface area is 152 Å². The molecule has 0 bridgehead atoms. The second-order valence-electron chi connectivity index (χ2n) is 6.67. The molecule has 0 fully saturated rings. The van der Waals surface area contributed by atoms with Crippen molar-refractivity contribution in [3.8, 4) is 0 Å². The van der Waals surface area contributed by atoms with Gasteiger partial charge in [0.25, 0.3) is 0 Å². The van der Waals surface area contributed by atoms with Crippen LogP contribution in [-0.2, 0) is 11.2 Å². The van der Waals surface area contributed by atoms with Crippen LogP contribution in [0.4, 0.5) is 0 Å². The summed E-state index contributed by atoms with van der Waals surface area (Å²) < 4.78 is 0. The van der Waals surface area contributed by atoms with Gasteiger partial charge in [0, 0.05) is 6.42 Å². The van der Waals surface area contributed by atoms with Gasteiger partial charge in [-0.1, -0.05) is 60.7 Å². The first-order chi connectivity index (χ1) is 12.5. The number of hydrogen-bond acceptors (Lipinski definition) is 3. The number of fused-ring (bicyclic) bond motifs is 2. The number of aliphatic hydroxyl groups is 1. The van der Waals surface area contributed by atoms with E-state index in [1.54, 1.807) is 6.92 Å². The van der Waals surface area contributed by atoms with Crippen molar-refractivity contribution in [2.24, 2.45) is 5.73 Å². The highest BCUT2D eigenvalue weighted by molar-refractivity contribution is 5.84. The van der Waals surface area contributed by atoms with Gasteiger partial charge >= 0.3 is 5.97 Å². The van der Waals surface area contributed by atoms with Crippen LogP contribution in [0.2, 0.25) is 0 Å². The summed E-state index contributed by atoms with van der Waals surface area (Å²) in [6.45, 7) is 1.68. The van der Waals surface area contributed by atoms with Gasteiger partial charge in [-0.05, 0) is 40.5 Å². The van der Waals surface area contributed by atoms with Crippen LogP contribution in [0.1, 0.15) is 35.6 Å². The van der Waals surface area contributed by atoms with E-state index in [4.69, 9.17) is 10.8 Å². The van der Waals surface area contributed by atoms with Gasteiger partial charge in [0.15, 0.2) is 0 Å². The van der Waals surface area contributed by atoms with Gasteiger partial charge in [-0.2, -0.15) is 0 Å². The minimum absolute atomic E-state index is 0.218. The standard InChI is InChI=1S/C13H13NO.C9H10O2/c14-13-11-6-9-4-2-1-3-8(9)5-10(11)7-12(13)15;1-7(9(10)11)8-5-3-2-4-6-8/h1-6,12-13,15H,7,14H2;2-7H,1H3,(H,10,11)/t12-,13+;7-/m00/s1. The highest BCUT2D eigenvalue weighted by Gasteiger charge is 2.27. The van der Waals surface area contributed by atoms with E-state index in [1.165, 1.54) is 16.3 Å². The molecule has 0 radical (unpaired) electrons. The molecule has 1 aliphatic carbocycles. The monoisotopic (exact) mass is 349 g/mol. The largest absolute Gasteiger partial charge is 0.481 e. The normalized spacial score (nSPS) is 19.3. The molecule has 0 heterocycles. The van der Waals surface area contributed by atoms with Gasteiger partial charge in [0.05, 0.1) is 18.1 Å². The summed E-state index contributed by atoms with van der Waals surface area (Å²) >= 11 is 0. The maximum Gasteiger partial charge on any atom is 0.310 e. The van der Waals surface area contributed by atoms with Crippen LogP contribution >= 0.6 is 0 Å². The molecule has 0 saturated carbocycles. The molecule has 0 aliphatic heterocycles. The van der Waals surface area contributed by atoms with Crippen molar-refractivity contribution in [2.45, 2.75) is 31.4 Å². The summed E-state index contributed by atoms with van der Waals surface area (Å²) in [5.41, 5.74) is 9.07. The van der Waals surface area contributed by atoms with Gasteiger partial charge in [-0.15, -0.1) is 0 Å². The van der Waals surface area contributed by atoms with Crippen molar-refractivity contribution in [1.29, 1.82) is 0 Å². The molecule has 3 atom stereocenters. The van der Waals surface area contributed by atoms with E-state index in [9.17, 15) is 9.90 Å². The molecule has 4 rings (SSSR count). The van der Waals surface area contributed by atoms with Crippen molar-refractivity contribution >= 4 is 16.7 Å². The van der Waals surface area contributed by atoms with Gasteiger partial charge in [0.2, 0.25) is 0 Å². The van der Waals surface area contributed by atoms with Crippen LogP contribution in [0.5, 0.6) is 0 Å². The Bertz CT molecular complexity index is 908. The molecule has 3 aromatic rings. The molecule has 0 spiro atoms. The van der Waals surface area contributed by atoms with Gasteiger partial charge < -0.3 is 15.9 Å². The van der Waals surface area contributed by atoms with E-state index in [0.717, 1.165) is 11.1 Å². The summed E-state index contributed by atoms with van der Waals surface area (Å²) in [6, 6.07) is 21.4. The van der Waals surface area contributed by atoms with E-state index in [0.29, 0.717) is 6.42 Å². The van der Waals surface area contributed by atoms with Crippen LogP contribution < -0.4 is 5.73 Å². The molecule has 134 valence electrons. The topological polar surface area (TPSA) is 83.5 Å². The Morgan fingerprint density at radius 3 is 2.23 bits per heavy atom. The number of carboxylic acid groups (broad SMARTS) is 1. The van der Waals surface area contributed by atoms with E-state index >= 15 is 0 Å². The Morgan fingerprint density at radius 1 is 1.04 bits per heavy atom. The van der Waals surface area contributed by atoms with Crippen molar-refractivity contribution in [1.82, 2.24) is 0 Å². The molecular formula is C22H23NO3. The smallest absolute Gasteiger partial charge is 0.310 e. The number of benzene rings is 3. The third kappa shape index (κ3) is 3.77. The first kappa shape index (κ1) is 18.1. The third-order valence-corrected chi connectivity index (χ3v) is 4.88. The van der Waals surface area contributed by atoms with Crippen molar-refractivity contribution in [2.75, 3.05) is 0 Å². The lowest BCUT2D eigenvalue weighted by atomic mass is 10.0. The average Bonchev–Trinajstić information content (AvgIpc) is 2.94. The maximum absolute atomic E-state index is 10.5. The Balaban J connectivity index is 0.000000160. The van der Waals surface area contributed by atoms with Crippen molar-refractivity contribution in [3.63, 3.8) is 0 Å². The van der Waals surface area contributed by atoms with Crippen LogP contribution in [0.3, 0.4) is 0 Å². The van der Waals surface area contributed by atoms with Crippen LogP contribution in [0.15, 0.2) is 66.7 Å². The quantitative estimate of drug-likeness (QED) is 0.660. The Kier molecular flexibility index (Phi) is 5.35. The average molecular weight is 349 g/mol. The predicted octanol–water partition coefficient (Wildman–Crippen LogP) is 3.63.